The highest BCUT2D eigenvalue weighted by atomic mass is 16.5. The molecule has 2 aliphatic carbocycles. The monoisotopic (exact) mass is 326 g/mol. The first-order chi connectivity index (χ1) is 10.5. The Morgan fingerprint density at radius 1 is 1.30 bits per heavy atom. The number of amides is 1. The lowest BCUT2D eigenvalue weighted by atomic mass is 9.86. The van der Waals surface area contributed by atoms with Gasteiger partial charge in [0.2, 0.25) is 5.91 Å². The molecule has 7 nitrogen and oxygen atoms in total. The lowest BCUT2D eigenvalue weighted by Gasteiger charge is -2.32. The molecule has 4 N–H and O–H groups in total. The van der Waals surface area contributed by atoms with Crippen LogP contribution in [0.3, 0.4) is 0 Å². The van der Waals surface area contributed by atoms with Gasteiger partial charge in [0.25, 0.3) is 0 Å². The molecule has 2 rings (SSSR count). The highest BCUT2D eigenvalue weighted by Gasteiger charge is 2.55. The van der Waals surface area contributed by atoms with Crippen molar-refractivity contribution in [1.82, 2.24) is 5.32 Å². The fourth-order valence-corrected chi connectivity index (χ4v) is 2.72. The Kier molecular flexibility index (Phi) is 4.71. The Morgan fingerprint density at radius 3 is 2.26 bits per heavy atom. The first kappa shape index (κ1) is 17.7. The number of carbonyl (C=O) groups excluding carboxylic acids is 2. The highest BCUT2D eigenvalue weighted by Crippen LogP contribution is 2.45. The molecule has 0 heterocycles. The number of esters is 1. The Hall–Kier alpha value is -1.63. The predicted octanol–water partition coefficient (Wildman–Crippen LogP) is 0.805. The van der Waals surface area contributed by atoms with E-state index in [0.717, 1.165) is 12.8 Å². The Morgan fingerprint density at radius 2 is 1.87 bits per heavy atom. The van der Waals surface area contributed by atoms with Crippen molar-refractivity contribution in [2.24, 2.45) is 17.1 Å². The second-order valence-electron chi connectivity index (χ2n) is 7.81. The maximum atomic E-state index is 12.5. The number of hydrogen-bond donors (Lipinski definition) is 3. The van der Waals surface area contributed by atoms with E-state index in [9.17, 15) is 14.4 Å². The molecule has 2 atom stereocenters. The smallest absolute Gasteiger partial charge is 0.332 e. The lowest BCUT2D eigenvalue weighted by molar-refractivity contribution is -0.161. The van der Waals surface area contributed by atoms with Gasteiger partial charge < -0.3 is 20.9 Å². The van der Waals surface area contributed by atoms with Gasteiger partial charge in [-0.15, -0.1) is 0 Å². The molecule has 1 unspecified atom stereocenters. The van der Waals surface area contributed by atoms with Gasteiger partial charge in [0.05, 0.1) is 12.5 Å². The molecule has 2 saturated carbocycles. The summed E-state index contributed by atoms with van der Waals surface area (Å²) in [4.78, 5) is 35.1. The SMILES string of the molecule is CC(C)(C)C(OC(=O)C1(NC(=O)[C@@H](N)CC(=O)O)CC1)C1CC1. The second kappa shape index (κ2) is 6.11. The van der Waals surface area contributed by atoms with E-state index in [2.05, 4.69) is 5.32 Å². The fourth-order valence-electron chi connectivity index (χ4n) is 2.72. The molecule has 0 bridgehead atoms. The number of ether oxygens (including phenoxy) is 1. The molecule has 130 valence electrons. The molecule has 2 aliphatic rings. The van der Waals surface area contributed by atoms with Crippen LogP contribution in [0.15, 0.2) is 0 Å². The van der Waals surface area contributed by atoms with E-state index in [4.69, 9.17) is 15.6 Å². The van der Waals surface area contributed by atoms with Crippen LogP contribution in [-0.2, 0) is 19.1 Å². The standard InChI is InChI=1S/C16H26N2O5/c1-15(2,3)12(9-4-5-9)23-14(22)16(6-7-16)18-13(21)10(17)8-11(19)20/h9-10,12H,4-8,17H2,1-3H3,(H,18,21)(H,19,20)/t10-,12?/m0/s1. The minimum atomic E-state index is -1.17. The van der Waals surface area contributed by atoms with Gasteiger partial charge in [-0.25, -0.2) is 4.79 Å². The van der Waals surface area contributed by atoms with Crippen molar-refractivity contribution in [3.63, 3.8) is 0 Å². The van der Waals surface area contributed by atoms with E-state index in [-0.39, 0.29) is 11.5 Å². The third-order valence-corrected chi connectivity index (χ3v) is 4.37. The van der Waals surface area contributed by atoms with Crippen molar-refractivity contribution in [3.8, 4) is 0 Å². The van der Waals surface area contributed by atoms with Gasteiger partial charge in [0.15, 0.2) is 0 Å². The molecule has 0 radical (unpaired) electrons. The summed E-state index contributed by atoms with van der Waals surface area (Å²) < 4.78 is 5.72. The van der Waals surface area contributed by atoms with E-state index in [0.29, 0.717) is 18.8 Å². The number of hydrogen-bond acceptors (Lipinski definition) is 5. The molecular weight excluding hydrogens is 300 g/mol. The van der Waals surface area contributed by atoms with Gasteiger partial charge in [-0.3, -0.25) is 9.59 Å². The van der Waals surface area contributed by atoms with Crippen LogP contribution >= 0.6 is 0 Å². The van der Waals surface area contributed by atoms with Crippen LogP contribution in [0.2, 0.25) is 0 Å². The van der Waals surface area contributed by atoms with Gasteiger partial charge in [-0.1, -0.05) is 20.8 Å². The van der Waals surface area contributed by atoms with Crippen molar-refractivity contribution in [2.45, 2.75) is 70.6 Å². The third kappa shape index (κ3) is 4.43. The first-order valence-electron chi connectivity index (χ1n) is 8.06. The number of carboxylic acids is 1. The zero-order valence-electron chi connectivity index (χ0n) is 13.9. The van der Waals surface area contributed by atoms with Crippen molar-refractivity contribution < 1.29 is 24.2 Å². The molecule has 1 amide bonds. The maximum Gasteiger partial charge on any atom is 0.332 e. The molecular formula is C16H26N2O5. The molecule has 0 aromatic heterocycles. The van der Waals surface area contributed by atoms with Gasteiger partial charge in [0.1, 0.15) is 11.6 Å². The summed E-state index contributed by atoms with van der Waals surface area (Å²) in [5.41, 5.74) is 4.36. The van der Waals surface area contributed by atoms with Gasteiger partial charge in [-0.2, -0.15) is 0 Å². The summed E-state index contributed by atoms with van der Waals surface area (Å²) in [5, 5.41) is 11.3. The predicted molar refractivity (Wildman–Crippen MR) is 82.4 cm³/mol. The summed E-state index contributed by atoms with van der Waals surface area (Å²) in [6, 6.07) is -1.17. The van der Waals surface area contributed by atoms with Gasteiger partial charge >= 0.3 is 11.9 Å². The molecule has 2 fully saturated rings. The molecule has 7 heteroatoms. The number of carboxylic acid groups (broad SMARTS) is 1. The van der Waals surface area contributed by atoms with Crippen LogP contribution in [0.4, 0.5) is 0 Å². The summed E-state index contributed by atoms with van der Waals surface area (Å²) >= 11 is 0. The summed E-state index contributed by atoms with van der Waals surface area (Å²) in [6.45, 7) is 6.10. The Bertz CT molecular complexity index is 503. The van der Waals surface area contributed by atoms with Crippen LogP contribution in [0.5, 0.6) is 0 Å². The van der Waals surface area contributed by atoms with Crippen molar-refractivity contribution in [1.29, 1.82) is 0 Å². The Labute approximate surface area is 135 Å². The molecule has 0 aromatic rings. The fraction of sp³-hybridized carbons (Fsp3) is 0.812. The molecule has 0 aliphatic heterocycles. The van der Waals surface area contributed by atoms with E-state index in [1.54, 1.807) is 0 Å². The second-order valence-corrected chi connectivity index (χ2v) is 7.81. The van der Waals surface area contributed by atoms with Crippen molar-refractivity contribution in [3.05, 3.63) is 0 Å². The highest BCUT2D eigenvalue weighted by molar-refractivity contribution is 5.93. The lowest BCUT2D eigenvalue weighted by Crippen LogP contribution is -2.52. The topological polar surface area (TPSA) is 119 Å². The van der Waals surface area contributed by atoms with Gasteiger partial charge in [-0.05, 0) is 37.0 Å². The quantitative estimate of drug-likeness (QED) is 0.596. The van der Waals surface area contributed by atoms with E-state index < -0.39 is 35.8 Å². The van der Waals surface area contributed by atoms with E-state index in [1.165, 1.54) is 0 Å². The molecule has 0 aromatic carbocycles. The van der Waals surface area contributed by atoms with Crippen LogP contribution < -0.4 is 11.1 Å². The zero-order chi connectivity index (χ0) is 17.4. The number of nitrogens with two attached hydrogens (primary N) is 1. The molecule has 0 spiro atoms. The first-order valence-corrected chi connectivity index (χ1v) is 8.06. The maximum absolute atomic E-state index is 12.5. The van der Waals surface area contributed by atoms with Crippen molar-refractivity contribution >= 4 is 17.8 Å². The summed E-state index contributed by atoms with van der Waals surface area (Å²) in [7, 11) is 0. The normalized spacial score (nSPS) is 21.9. The van der Waals surface area contributed by atoms with Crippen LogP contribution in [0.1, 0.15) is 52.9 Å². The zero-order valence-corrected chi connectivity index (χ0v) is 13.9. The largest absolute Gasteiger partial charge is 0.481 e. The summed E-state index contributed by atoms with van der Waals surface area (Å²) in [5.74, 6) is -1.82. The van der Waals surface area contributed by atoms with Gasteiger partial charge in [0, 0.05) is 0 Å². The molecule has 23 heavy (non-hydrogen) atoms. The number of carbonyl (C=O) groups is 3. The minimum absolute atomic E-state index is 0.156. The molecule has 0 saturated heterocycles. The average molecular weight is 326 g/mol. The third-order valence-electron chi connectivity index (χ3n) is 4.37. The van der Waals surface area contributed by atoms with E-state index in [1.807, 2.05) is 20.8 Å². The number of nitrogens with one attached hydrogen (secondary N) is 1. The number of aliphatic carboxylic acids is 1. The minimum Gasteiger partial charge on any atom is -0.481 e. The summed E-state index contributed by atoms with van der Waals surface area (Å²) in [6.07, 6.45) is 2.47. The van der Waals surface area contributed by atoms with Crippen molar-refractivity contribution in [2.75, 3.05) is 0 Å². The van der Waals surface area contributed by atoms with Crippen LogP contribution in [-0.4, -0.2) is 40.6 Å². The van der Waals surface area contributed by atoms with Crippen LogP contribution in [0, 0.1) is 11.3 Å². The van der Waals surface area contributed by atoms with E-state index >= 15 is 0 Å². The number of rotatable bonds is 7. The average Bonchev–Trinajstić information content (AvgIpc) is 3.28. The Balaban J connectivity index is 1.95. The van der Waals surface area contributed by atoms with Crippen LogP contribution in [0.25, 0.3) is 0 Å².